The lowest BCUT2D eigenvalue weighted by Crippen LogP contribution is -2.36. The number of carbonyl (C=O) groups excluding carboxylic acids is 2. The second-order valence-electron chi connectivity index (χ2n) is 7.71. The number of anilines is 1. The number of amides is 3. The average Bonchev–Trinajstić information content (AvgIpc) is 3.20. The number of nitrogens with one attached hydrogen (secondary N) is 1. The lowest BCUT2D eigenvalue weighted by molar-refractivity contribution is -0.130. The first-order valence-electron chi connectivity index (χ1n) is 10.4. The third-order valence-corrected chi connectivity index (χ3v) is 5.59. The van der Waals surface area contributed by atoms with Gasteiger partial charge in [-0.3, -0.25) is 4.79 Å². The number of aryl methyl sites for hydroxylation is 1. The quantitative estimate of drug-likeness (QED) is 0.832. The summed E-state index contributed by atoms with van der Waals surface area (Å²) >= 11 is 0. The number of halogens is 1. The number of hydrogen-bond donors (Lipinski definition) is 1. The maximum atomic E-state index is 13.9. The van der Waals surface area contributed by atoms with Gasteiger partial charge in [-0.15, -0.1) is 0 Å². The highest BCUT2D eigenvalue weighted by molar-refractivity contribution is 5.89. The van der Waals surface area contributed by atoms with Crippen molar-refractivity contribution < 1.29 is 18.7 Å². The van der Waals surface area contributed by atoms with Crippen molar-refractivity contribution in [3.8, 4) is 5.75 Å². The van der Waals surface area contributed by atoms with Crippen molar-refractivity contribution in [3.63, 3.8) is 0 Å². The number of rotatable bonds is 4. The van der Waals surface area contributed by atoms with Gasteiger partial charge in [-0.1, -0.05) is 24.3 Å². The summed E-state index contributed by atoms with van der Waals surface area (Å²) in [7, 11) is 0. The standard InChI is InChI=1S/C23H26FN3O3/c24-19-5-1-2-6-20(19)25-23(29)27-13-14-30-21-9-7-17(15-18(21)16-27)8-10-22(28)26-11-3-4-12-26/h1-2,5-7,9,15H,3-4,8,10-14,16H2,(H,25,29). The third kappa shape index (κ3) is 4.72. The summed E-state index contributed by atoms with van der Waals surface area (Å²) < 4.78 is 19.7. The fourth-order valence-corrected chi connectivity index (χ4v) is 3.91. The first kappa shape index (κ1) is 20.2. The third-order valence-electron chi connectivity index (χ3n) is 5.59. The van der Waals surface area contributed by atoms with Gasteiger partial charge in [-0.05, 0) is 43.0 Å². The smallest absolute Gasteiger partial charge is 0.322 e. The highest BCUT2D eigenvalue weighted by atomic mass is 19.1. The first-order valence-corrected chi connectivity index (χ1v) is 10.4. The van der Waals surface area contributed by atoms with Crippen LogP contribution >= 0.6 is 0 Å². The maximum Gasteiger partial charge on any atom is 0.322 e. The molecule has 2 heterocycles. The monoisotopic (exact) mass is 411 g/mol. The summed E-state index contributed by atoms with van der Waals surface area (Å²) in [5.41, 5.74) is 2.09. The van der Waals surface area contributed by atoms with Gasteiger partial charge < -0.3 is 19.9 Å². The molecular weight excluding hydrogens is 385 g/mol. The summed E-state index contributed by atoms with van der Waals surface area (Å²) in [6.07, 6.45) is 3.32. The van der Waals surface area contributed by atoms with Gasteiger partial charge in [-0.25, -0.2) is 9.18 Å². The number of urea groups is 1. The molecule has 0 bridgehead atoms. The molecule has 0 atom stereocenters. The van der Waals surface area contributed by atoms with E-state index in [2.05, 4.69) is 5.32 Å². The molecular formula is C23H26FN3O3. The number of fused-ring (bicyclic) bond motifs is 1. The largest absolute Gasteiger partial charge is 0.491 e. The average molecular weight is 411 g/mol. The van der Waals surface area contributed by atoms with Crippen molar-refractivity contribution in [1.82, 2.24) is 9.80 Å². The maximum absolute atomic E-state index is 13.9. The van der Waals surface area contributed by atoms with Crippen molar-refractivity contribution in [3.05, 3.63) is 59.4 Å². The van der Waals surface area contributed by atoms with Gasteiger partial charge in [0.05, 0.1) is 18.8 Å². The van der Waals surface area contributed by atoms with Crippen molar-refractivity contribution >= 4 is 17.6 Å². The van der Waals surface area contributed by atoms with Crippen molar-refractivity contribution in [1.29, 1.82) is 0 Å². The number of para-hydroxylation sites is 1. The Morgan fingerprint density at radius 2 is 1.83 bits per heavy atom. The predicted molar refractivity (Wildman–Crippen MR) is 112 cm³/mol. The number of ether oxygens (including phenoxy) is 1. The highest BCUT2D eigenvalue weighted by Gasteiger charge is 2.22. The molecule has 2 aliphatic rings. The van der Waals surface area contributed by atoms with Crippen LogP contribution in [0, 0.1) is 5.82 Å². The van der Waals surface area contributed by atoms with Gasteiger partial charge in [-0.2, -0.15) is 0 Å². The fraction of sp³-hybridized carbons (Fsp3) is 0.391. The van der Waals surface area contributed by atoms with Crippen LogP contribution in [0.5, 0.6) is 5.75 Å². The molecule has 30 heavy (non-hydrogen) atoms. The molecule has 0 unspecified atom stereocenters. The van der Waals surface area contributed by atoms with E-state index in [4.69, 9.17) is 4.74 Å². The normalized spacial score (nSPS) is 15.9. The van der Waals surface area contributed by atoms with Crippen LogP contribution in [-0.2, 0) is 17.8 Å². The summed E-state index contributed by atoms with van der Waals surface area (Å²) in [6, 6.07) is 11.6. The van der Waals surface area contributed by atoms with Gasteiger partial charge in [0.25, 0.3) is 0 Å². The molecule has 7 heteroatoms. The van der Waals surface area contributed by atoms with Crippen LogP contribution in [-0.4, -0.2) is 48.0 Å². The molecule has 2 aromatic rings. The Morgan fingerprint density at radius 1 is 1.03 bits per heavy atom. The SMILES string of the molecule is O=C(CCc1ccc2c(c1)CN(C(=O)Nc1ccccc1F)CCO2)N1CCCC1. The van der Waals surface area contributed by atoms with E-state index in [0.717, 1.165) is 42.8 Å². The van der Waals surface area contributed by atoms with Crippen LogP contribution in [0.15, 0.2) is 42.5 Å². The van der Waals surface area contributed by atoms with E-state index in [1.54, 1.807) is 17.0 Å². The van der Waals surface area contributed by atoms with Gasteiger partial charge in [0.1, 0.15) is 18.2 Å². The molecule has 2 aromatic carbocycles. The van der Waals surface area contributed by atoms with Crippen LogP contribution in [0.4, 0.5) is 14.9 Å². The van der Waals surface area contributed by atoms with Gasteiger partial charge in [0.2, 0.25) is 5.91 Å². The van der Waals surface area contributed by atoms with Crippen LogP contribution < -0.4 is 10.1 Å². The number of hydrogen-bond acceptors (Lipinski definition) is 3. The van der Waals surface area contributed by atoms with Crippen molar-refractivity contribution in [2.45, 2.75) is 32.2 Å². The molecule has 1 N–H and O–H groups in total. The zero-order chi connectivity index (χ0) is 20.9. The Balaban J connectivity index is 1.41. The van der Waals surface area contributed by atoms with Crippen molar-refractivity contribution in [2.24, 2.45) is 0 Å². The van der Waals surface area contributed by atoms with E-state index < -0.39 is 5.82 Å². The minimum Gasteiger partial charge on any atom is -0.491 e. The van der Waals surface area contributed by atoms with Gasteiger partial charge in [0, 0.05) is 25.1 Å². The zero-order valence-electron chi connectivity index (χ0n) is 16.9. The number of benzene rings is 2. The molecule has 0 radical (unpaired) electrons. The van der Waals surface area contributed by atoms with E-state index in [1.807, 2.05) is 23.1 Å². The van der Waals surface area contributed by atoms with Crippen LogP contribution in [0.3, 0.4) is 0 Å². The Hall–Kier alpha value is -3.09. The second-order valence-corrected chi connectivity index (χ2v) is 7.71. The molecule has 0 aromatic heterocycles. The molecule has 1 fully saturated rings. The Bertz CT molecular complexity index is 928. The molecule has 6 nitrogen and oxygen atoms in total. The minimum absolute atomic E-state index is 0.155. The predicted octanol–water partition coefficient (Wildman–Crippen LogP) is 3.81. The second kappa shape index (κ2) is 9.15. The van der Waals surface area contributed by atoms with Gasteiger partial charge >= 0.3 is 6.03 Å². The van der Waals surface area contributed by atoms with E-state index >= 15 is 0 Å². The van der Waals surface area contributed by atoms with E-state index in [0.29, 0.717) is 32.5 Å². The number of nitrogens with zero attached hydrogens (tertiary/aromatic N) is 2. The zero-order valence-corrected chi connectivity index (χ0v) is 16.9. The molecule has 0 aliphatic carbocycles. The molecule has 158 valence electrons. The number of carbonyl (C=O) groups is 2. The molecule has 2 aliphatic heterocycles. The molecule has 0 saturated carbocycles. The minimum atomic E-state index is -0.470. The lowest BCUT2D eigenvalue weighted by Gasteiger charge is -2.21. The molecule has 4 rings (SSSR count). The Labute approximate surface area is 175 Å². The van der Waals surface area contributed by atoms with E-state index in [9.17, 15) is 14.0 Å². The lowest BCUT2D eigenvalue weighted by atomic mass is 10.0. The van der Waals surface area contributed by atoms with Gasteiger partial charge in [0.15, 0.2) is 0 Å². The van der Waals surface area contributed by atoms with Crippen LogP contribution in [0.1, 0.15) is 30.4 Å². The van der Waals surface area contributed by atoms with Crippen LogP contribution in [0.2, 0.25) is 0 Å². The van der Waals surface area contributed by atoms with Crippen molar-refractivity contribution in [2.75, 3.05) is 31.6 Å². The van der Waals surface area contributed by atoms with E-state index in [-0.39, 0.29) is 17.6 Å². The van der Waals surface area contributed by atoms with Crippen LogP contribution in [0.25, 0.3) is 0 Å². The van der Waals surface area contributed by atoms with E-state index in [1.165, 1.54) is 12.1 Å². The summed E-state index contributed by atoms with van der Waals surface area (Å²) in [4.78, 5) is 28.5. The summed E-state index contributed by atoms with van der Waals surface area (Å²) in [5, 5.41) is 2.63. The molecule has 1 saturated heterocycles. The highest BCUT2D eigenvalue weighted by Crippen LogP contribution is 2.26. The topological polar surface area (TPSA) is 61.9 Å². The fourth-order valence-electron chi connectivity index (χ4n) is 3.91. The number of likely N-dealkylation sites (tertiary alicyclic amines) is 1. The molecule has 3 amide bonds. The Kier molecular flexibility index (Phi) is 6.16. The summed E-state index contributed by atoms with van der Waals surface area (Å²) in [5.74, 6) is 0.470. The Morgan fingerprint density at radius 3 is 2.63 bits per heavy atom. The first-order chi connectivity index (χ1) is 14.6. The molecule has 0 spiro atoms. The summed E-state index contributed by atoms with van der Waals surface area (Å²) in [6.45, 7) is 2.86.